The Morgan fingerprint density at radius 1 is 1.62 bits per heavy atom. The summed E-state index contributed by atoms with van der Waals surface area (Å²) in [7, 11) is 0. The van der Waals surface area contributed by atoms with Gasteiger partial charge in [0.2, 0.25) is 11.8 Å². The summed E-state index contributed by atoms with van der Waals surface area (Å²) in [5.74, 6) is 0.382. The number of aryl methyl sites for hydroxylation is 1. The van der Waals surface area contributed by atoms with Gasteiger partial charge in [0.15, 0.2) is 0 Å². The van der Waals surface area contributed by atoms with Crippen molar-refractivity contribution < 1.29 is 9.32 Å². The van der Waals surface area contributed by atoms with Gasteiger partial charge in [0.1, 0.15) is 0 Å². The Labute approximate surface area is 126 Å². The number of unbranched alkanes of at least 4 members (excludes halogenated alkanes) is 1. The lowest BCUT2D eigenvalue weighted by Gasteiger charge is -2.24. The molecule has 1 fully saturated rings. The molecule has 1 amide bonds. The minimum absolute atomic E-state index is 0.0414. The number of carbonyl (C=O) groups is 1. The van der Waals surface area contributed by atoms with Crippen LogP contribution in [-0.2, 0) is 4.79 Å². The summed E-state index contributed by atoms with van der Waals surface area (Å²) in [6, 6.07) is 2.24. The number of amides is 1. The molecule has 1 unspecified atom stereocenters. The van der Waals surface area contributed by atoms with Crippen molar-refractivity contribution >= 4 is 11.8 Å². The van der Waals surface area contributed by atoms with Crippen LogP contribution in [0.2, 0.25) is 0 Å². The van der Waals surface area contributed by atoms with Gasteiger partial charge in [-0.2, -0.15) is 0 Å². The summed E-state index contributed by atoms with van der Waals surface area (Å²) >= 11 is 0. The van der Waals surface area contributed by atoms with Crippen LogP contribution in [0.3, 0.4) is 0 Å². The highest BCUT2D eigenvalue weighted by Crippen LogP contribution is 2.10. The molecule has 2 heterocycles. The number of nitrogens with zero attached hydrogens (tertiary/aromatic N) is 2. The van der Waals surface area contributed by atoms with Crippen LogP contribution >= 0.6 is 0 Å². The van der Waals surface area contributed by atoms with Gasteiger partial charge in [-0.3, -0.25) is 15.0 Å². The minimum Gasteiger partial charge on any atom is -0.338 e. The van der Waals surface area contributed by atoms with Crippen LogP contribution in [0.15, 0.2) is 10.6 Å². The van der Waals surface area contributed by atoms with Gasteiger partial charge in [0.05, 0.1) is 12.2 Å². The van der Waals surface area contributed by atoms with Gasteiger partial charge in [-0.05, 0) is 39.3 Å². The number of nitrogens with one attached hydrogen (secondary N) is 2. The van der Waals surface area contributed by atoms with Crippen LogP contribution < -0.4 is 10.6 Å². The molecular formula is C15H26N4O2. The smallest absolute Gasteiger partial charge is 0.240 e. The van der Waals surface area contributed by atoms with E-state index in [-0.39, 0.29) is 5.91 Å². The van der Waals surface area contributed by atoms with Crippen LogP contribution in [-0.4, -0.2) is 48.2 Å². The monoisotopic (exact) mass is 294 g/mol. The quantitative estimate of drug-likeness (QED) is 0.765. The standard InChI is InChI=1S/C15H26N4O2/c1-3-4-8-19(10-13-6-5-7-16-13)11-14(20)17-15-9-12(2)18-21-15/h9,13,16H,3-8,10-11H2,1-2H3,(H,17,20). The predicted octanol–water partition coefficient (Wildman–Crippen LogP) is 1.78. The number of carbonyl (C=O) groups excluding carboxylic acids is 1. The third-order valence-electron chi connectivity index (χ3n) is 3.73. The summed E-state index contributed by atoms with van der Waals surface area (Å²) in [6.07, 6.45) is 4.68. The number of aromatic nitrogens is 1. The molecule has 118 valence electrons. The Morgan fingerprint density at radius 3 is 3.10 bits per heavy atom. The van der Waals surface area contributed by atoms with Crippen LogP contribution in [0.25, 0.3) is 0 Å². The first-order valence-electron chi connectivity index (χ1n) is 7.86. The molecule has 1 atom stereocenters. The van der Waals surface area contributed by atoms with Crippen molar-refractivity contribution in [1.29, 1.82) is 0 Å². The van der Waals surface area contributed by atoms with Crippen molar-refractivity contribution in [1.82, 2.24) is 15.4 Å². The predicted molar refractivity (Wildman–Crippen MR) is 82.2 cm³/mol. The van der Waals surface area contributed by atoms with Gasteiger partial charge in [0.25, 0.3) is 0 Å². The Bertz CT molecular complexity index is 441. The lowest BCUT2D eigenvalue weighted by Crippen LogP contribution is -2.42. The first-order chi connectivity index (χ1) is 10.2. The molecule has 1 aromatic rings. The molecule has 2 rings (SSSR count). The van der Waals surface area contributed by atoms with Crippen LogP contribution in [0.5, 0.6) is 0 Å². The zero-order valence-corrected chi connectivity index (χ0v) is 13.0. The minimum atomic E-state index is -0.0414. The third-order valence-corrected chi connectivity index (χ3v) is 3.73. The van der Waals surface area contributed by atoms with E-state index in [1.165, 1.54) is 12.8 Å². The first kappa shape index (κ1) is 16.0. The van der Waals surface area contributed by atoms with Gasteiger partial charge in [-0.25, -0.2) is 0 Å². The summed E-state index contributed by atoms with van der Waals surface area (Å²) < 4.78 is 5.02. The van der Waals surface area contributed by atoms with E-state index in [9.17, 15) is 4.79 Å². The molecule has 6 heteroatoms. The van der Waals surface area contributed by atoms with Gasteiger partial charge < -0.3 is 9.84 Å². The molecule has 1 aliphatic rings. The molecule has 1 aliphatic heterocycles. The molecule has 0 aliphatic carbocycles. The van der Waals surface area contributed by atoms with Gasteiger partial charge >= 0.3 is 0 Å². The van der Waals surface area contributed by atoms with Crippen LogP contribution in [0.1, 0.15) is 38.3 Å². The van der Waals surface area contributed by atoms with Crippen molar-refractivity contribution in [3.8, 4) is 0 Å². The average molecular weight is 294 g/mol. The fourth-order valence-corrected chi connectivity index (χ4v) is 2.64. The van der Waals surface area contributed by atoms with Crippen molar-refractivity contribution in [2.45, 2.75) is 45.6 Å². The molecule has 2 N–H and O–H groups in total. The molecule has 0 bridgehead atoms. The molecule has 0 aromatic carbocycles. The highest BCUT2D eigenvalue weighted by molar-refractivity contribution is 5.90. The first-order valence-corrected chi connectivity index (χ1v) is 7.86. The van der Waals surface area contributed by atoms with Crippen molar-refractivity contribution in [2.75, 3.05) is 31.5 Å². The number of hydrogen-bond acceptors (Lipinski definition) is 5. The van der Waals surface area contributed by atoms with Crippen LogP contribution in [0, 0.1) is 6.92 Å². The lowest BCUT2D eigenvalue weighted by atomic mass is 10.2. The summed E-state index contributed by atoms with van der Waals surface area (Å²) in [5.41, 5.74) is 0.767. The van der Waals surface area contributed by atoms with Crippen molar-refractivity contribution in [3.63, 3.8) is 0 Å². The summed E-state index contributed by atoms with van der Waals surface area (Å²) in [6.45, 7) is 7.38. The second-order valence-electron chi connectivity index (χ2n) is 5.76. The molecule has 1 saturated heterocycles. The maximum Gasteiger partial charge on any atom is 0.240 e. The molecular weight excluding hydrogens is 268 g/mol. The largest absolute Gasteiger partial charge is 0.338 e. The summed E-state index contributed by atoms with van der Waals surface area (Å²) in [4.78, 5) is 14.3. The fourth-order valence-electron chi connectivity index (χ4n) is 2.64. The zero-order chi connectivity index (χ0) is 15.1. The Hall–Kier alpha value is -1.40. The molecule has 0 spiro atoms. The fraction of sp³-hybridized carbons (Fsp3) is 0.733. The molecule has 21 heavy (non-hydrogen) atoms. The van der Waals surface area contributed by atoms with Crippen LogP contribution in [0.4, 0.5) is 5.88 Å². The second-order valence-corrected chi connectivity index (χ2v) is 5.76. The van der Waals surface area contributed by atoms with E-state index in [0.29, 0.717) is 18.5 Å². The van der Waals surface area contributed by atoms with E-state index in [0.717, 1.165) is 38.2 Å². The topological polar surface area (TPSA) is 70.4 Å². The third kappa shape index (κ3) is 5.47. The van der Waals surface area contributed by atoms with E-state index in [1.54, 1.807) is 6.07 Å². The van der Waals surface area contributed by atoms with Crippen molar-refractivity contribution in [2.24, 2.45) is 0 Å². The SMILES string of the molecule is CCCCN(CC(=O)Nc1cc(C)no1)CC1CCCN1. The molecule has 0 saturated carbocycles. The Kier molecular flexibility index (Phi) is 6.20. The number of hydrogen-bond donors (Lipinski definition) is 2. The van der Waals surface area contributed by atoms with Gasteiger partial charge in [-0.15, -0.1) is 0 Å². The van der Waals surface area contributed by atoms with E-state index in [4.69, 9.17) is 4.52 Å². The Morgan fingerprint density at radius 2 is 2.48 bits per heavy atom. The van der Waals surface area contributed by atoms with E-state index >= 15 is 0 Å². The second kappa shape index (κ2) is 8.14. The molecule has 1 aromatic heterocycles. The molecule has 6 nitrogen and oxygen atoms in total. The van der Waals surface area contributed by atoms with E-state index in [1.807, 2.05) is 6.92 Å². The maximum absolute atomic E-state index is 12.1. The highest BCUT2D eigenvalue weighted by Gasteiger charge is 2.19. The highest BCUT2D eigenvalue weighted by atomic mass is 16.5. The van der Waals surface area contributed by atoms with E-state index < -0.39 is 0 Å². The van der Waals surface area contributed by atoms with Gasteiger partial charge in [0, 0.05) is 18.7 Å². The zero-order valence-electron chi connectivity index (χ0n) is 13.0. The number of anilines is 1. The van der Waals surface area contributed by atoms with Crippen molar-refractivity contribution in [3.05, 3.63) is 11.8 Å². The normalized spacial score (nSPS) is 18.3. The van der Waals surface area contributed by atoms with E-state index in [2.05, 4.69) is 27.6 Å². The average Bonchev–Trinajstić information content (AvgIpc) is 3.08. The molecule has 0 radical (unpaired) electrons. The van der Waals surface area contributed by atoms with Gasteiger partial charge in [-0.1, -0.05) is 18.5 Å². The lowest BCUT2D eigenvalue weighted by molar-refractivity contribution is -0.117. The number of rotatable bonds is 8. The summed E-state index contributed by atoms with van der Waals surface area (Å²) in [5, 5.41) is 10.0. The Balaban J connectivity index is 1.82. The maximum atomic E-state index is 12.1.